The number of guanidine groups is 1. The van der Waals surface area contributed by atoms with Gasteiger partial charge in [0.05, 0.1) is 25.8 Å². The maximum atomic E-state index is 13.3. The molecule has 0 aliphatic carbocycles. The third-order valence-electron chi connectivity index (χ3n) is 4.22. The number of para-hydroxylation sites is 1. The molecule has 5 nitrogen and oxygen atoms in total. The Morgan fingerprint density at radius 1 is 1.12 bits per heavy atom. The molecule has 0 bridgehead atoms. The molecule has 0 spiro atoms. The van der Waals surface area contributed by atoms with Crippen LogP contribution in [0.4, 0.5) is 10.1 Å². The van der Waals surface area contributed by atoms with Crippen molar-refractivity contribution in [3.05, 3.63) is 66.0 Å². The van der Waals surface area contributed by atoms with Gasteiger partial charge in [0.2, 0.25) is 0 Å². The van der Waals surface area contributed by atoms with Crippen LogP contribution in [0.5, 0.6) is 0 Å². The smallest absolute Gasteiger partial charge is 0.193 e. The zero-order valence-electron chi connectivity index (χ0n) is 14.5. The number of halogens is 2. The van der Waals surface area contributed by atoms with Crippen LogP contribution in [0.1, 0.15) is 11.6 Å². The zero-order valence-corrected chi connectivity index (χ0v) is 16.8. The number of hydrogen-bond donors (Lipinski definition) is 2. The summed E-state index contributed by atoms with van der Waals surface area (Å²) >= 11 is 0. The molecule has 1 saturated heterocycles. The highest BCUT2D eigenvalue weighted by molar-refractivity contribution is 14.0. The molecule has 0 amide bonds. The minimum absolute atomic E-state index is 0. The van der Waals surface area contributed by atoms with Crippen LogP contribution in [-0.4, -0.2) is 43.7 Å². The Balaban J connectivity index is 0.00000243. The fourth-order valence-electron chi connectivity index (χ4n) is 2.90. The van der Waals surface area contributed by atoms with Crippen molar-refractivity contribution >= 4 is 35.6 Å². The molecular formula is C19H24FIN4O. The molecule has 2 aromatic carbocycles. The molecule has 140 valence electrons. The largest absolute Gasteiger partial charge is 0.379 e. The van der Waals surface area contributed by atoms with Gasteiger partial charge in [-0.05, 0) is 29.8 Å². The number of rotatable bonds is 5. The molecule has 7 heteroatoms. The van der Waals surface area contributed by atoms with E-state index in [2.05, 4.69) is 15.2 Å². The first-order valence-electron chi connectivity index (χ1n) is 8.41. The molecule has 1 heterocycles. The number of nitrogens with zero attached hydrogens (tertiary/aromatic N) is 2. The van der Waals surface area contributed by atoms with Gasteiger partial charge in [0.15, 0.2) is 5.96 Å². The lowest BCUT2D eigenvalue weighted by molar-refractivity contribution is 0.0180. The van der Waals surface area contributed by atoms with E-state index >= 15 is 0 Å². The number of morpholine rings is 1. The second-order valence-corrected chi connectivity index (χ2v) is 5.93. The quantitative estimate of drug-likeness (QED) is 0.400. The Morgan fingerprint density at radius 2 is 1.77 bits per heavy atom. The lowest BCUT2D eigenvalue weighted by Gasteiger charge is -2.34. The standard InChI is InChI=1S/C19H23FN4O.HI/c20-16-8-6-15(7-9-16)18(24-10-12-25-13-11-24)14-22-19(21)23-17-4-2-1-3-5-17;/h1-9,18H,10-14H2,(H3,21,22,23);1H. The first-order valence-corrected chi connectivity index (χ1v) is 8.41. The van der Waals surface area contributed by atoms with Gasteiger partial charge < -0.3 is 15.8 Å². The number of nitrogens with one attached hydrogen (secondary N) is 1. The lowest BCUT2D eigenvalue weighted by Crippen LogP contribution is -2.40. The molecule has 0 saturated carbocycles. The van der Waals surface area contributed by atoms with E-state index in [9.17, 15) is 4.39 Å². The Labute approximate surface area is 170 Å². The van der Waals surface area contributed by atoms with Crippen molar-refractivity contribution in [3.8, 4) is 0 Å². The highest BCUT2D eigenvalue weighted by atomic mass is 127. The van der Waals surface area contributed by atoms with Crippen LogP contribution in [-0.2, 0) is 4.74 Å². The molecule has 2 aromatic rings. The summed E-state index contributed by atoms with van der Waals surface area (Å²) in [7, 11) is 0. The Morgan fingerprint density at radius 3 is 2.42 bits per heavy atom. The Hall–Kier alpha value is -1.71. The van der Waals surface area contributed by atoms with Crippen molar-refractivity contribution in [1.29, 1.82) is 0 Å². The predicted octanol–water partition coefficient (Wildman–Crippen LogP) is 3.24. The van der Waals surface area contributed by atoms with Gasteiger partial charge in [-0.3, -0.25) is 9.89 Å². The van der Waals surface area contributed by atoms with Crippen LogP contribution in [0.15, 0.2) is 59.6 Å². The summed E-state index contributed by atoms with van der Waals surface area (Å²) in [4.78, 5) is 6.80. The van der Waals surface area contributed by atoms with Crippen molar-refractivity contribution < 1.29 is 9.13 Å². The number of aliphatic imine (C=N–C) groups is 1. The van der Waals surface area contributed by atoms with E-state index in [1.165, 1.54) is 12.1 Å². The fraction of sp³-hybridized carbons (Fsp3) is 0.316. The van der Waals surface area contributed by atoms with Crippen LogP contribution >= 0.6 is 24.0 Å². The number of anilines is 1. The van der Waals surface area contributed by atoms with Crippen LogP contribution in [0.25, 0.3) is 0 Å². The van der Waals surface area contributed by atoms with Gasteiger partial charge in [-0.1, -0.05) is 30.3 Å². The molecule has 0 aromatic heterocycles. The van der Waals surface area contributed by atoms with E-state index in [1.54, 1.807) is 0 Å². The van der Waals surface area contributed by atoms with Crippen molar-refractivity contribution in [1.82, 2.24) is 4.90 Å². The SMILES string of the molecule is I.NC(=NCC(c1ccc(F)cc1)N1CCOCC1)Nc1ccccc1. The molecule has 3 rings (SSSR count). The highest BCUT2D eigenvalue weighted by Crippen LogP contribution is 2.22. The molecule has 1 fully saturated rings. The van der Waals surface area contributed by atoms with Crippen molar-refractivity contribution in [2.24, 2.45) is 10.7 Å². The second-order valence-electron chi connectivity index (χ2n) is 5.93. The van der Waals surface area contributed by atoms with E-state index in [4.69, 9.17) is 10.5 Å². The minimum Gasteiger partial charge on any atom is -0.379 e. The van der Waals surface area contributed by atoms with Crippen LogP contribution < -0.4 is 11.1 Å². The maximum Gasteiger partial charge on any atom is 0.193 e. The molecule has 26 heavy (non-hydrogen) atoms. The van der Waals surface area contributed by atoms with Gasteiger partial charge in [-0.25, -0.2) is 4.39 Å². The van der Waals surface area contributed by atoms with E-state index in [1.807, 2.05) is 42.5 Å². The average Bonchev–Trinajstić information content (AvgIpc) is 2.65. The summed E-state index contributed by atoms with van der Waals surface area (Å²) in [5, 5.41) is 3.09. The van der Waals surface area contributed by atoms with Crippen molar-refractivity contribution in [2.45, 2.75) is 6.04 Å². The van der Waals surface area contributed by atoms with Gasteiger partial charge in [0.25, 0.3) is 0 Å². The Bertz CT molecular complexity index is 690. The molecule has 3 N–H and O–H groups in total. The normalized spacial score (nSPS) is 16.6. The molecule has 1 unspecified atom stereocenters. The molecule has 1 aliphatic rings. The highest BCUT2D eigenvalue weighted by Gasteiger charge is 2.22. The zero-order chi connectivity index (χ0) is 17.5. The lowest BCUT2D eigenvalue weighted by atomic mass is 10.0. The fourth-order valence-corrected chi connectivity index (χ4v) is 2.90. The Kier molecular flexibility index (Phi) is 8.27. The van der Waals surface area contributed by atoms with Gasteiger partial charge in [-0.2, -0.15) is 0 Å². The number of nitrogens with two attached hydrogens (primary N) is 1. The maximum absolute atomic E-state index is 13.3. The summed E-state index contributed by atoms with van der Waals surface area (Å²) in [5.74, 6) is 0.129. The minimum atomic E-state index is -0.238. The third-order valence-corrected chi connectivity index (χ3v) is 4.22. The summed E-state index contributed by atoms with van der Waals surface area (Å²) in [6.07, 6.45) is 0. The topological polar surface area (TPSA) is 62.9 Å². The first kappa shape index (κ1) is 20.6. The third kappa shape index (κ3) is 5.93. The number of ether oxygens (including phenoxy) is 1. The second kappa shape index (κ2) is 10.4. The predicted molar refractivity (Wildman–Crippen MR) is 114 cm³/mol. The first-order chi connectivity index (χ1) is 12.2. The molecule has 1 atom stereocenters. The molecule has 0 radical (unpaired) electrons. The average molecular weight is 470 g/mol. The van der Waals surface area contributed by atoms with Gasteiger partial charge in [0.1, 0.15) is 5.82 Å². The van der Waals surface area contributed by atoms with Crippen LogP contribution in [0.2, 0.25) is 0 Å². The summed E-state index contributed by atoms with van der Waals surface area (Å²) in [6, 6.07) is 16.3. The molecular weight excluding hydrogens is 446 g/mol. The summed E-state index contributed by atoms with van der Waals surface area (Å²) in [5.41, 5.74) is 7.95. The monoisotopic (exact) mass is 470 g/mol. The van der Waals surface area contributed by atoms with E-state index in [-0.39, 0.29) is 35.8 Å². The van der Waals surface area contributed by atoms with Crippen LogP contribution in [0.3, 0.4) is 0 Å². The van der Waals surface area contributed by atoms with Gasteiger partial charge in [-0.15, -0.1) is 24.0 Å². The van der Waals surface area contributed by atoms with Crippen molar-refractivity contribution in [2.75, 3.05) is 38.2 Å². The summed E-state index contributed by atoms with van der Waals surface area (Å²) < 4.78 is 18.7. The number of benzene rings is 2. The van der Waals surface area contributed by atoms with E-state index in [0.29, 0.717) is 25.7 Å². The van der Waals surface area contributed by atoms with E-state index < -0.39 is 0 Å². The summed E-state index contributed by atoms with van der Waals surface area (Å²) in [6.45, 7) is 3.53. The number of hydrogen-bond acceptors (Lipinski definition) is 3. The van der Waals surface area contributed by atoms with Crippen molar-refractivity contribution in [3.63, 3.8) is 0 Å². The van der Waals surface area contributed by atoms with E-state index in [0.717, 1.165) is 24.3 Å². The van der Waals surface area contributed by atoms with Crippen LogP contribution in [0, 0.1) is 5.82 Å². The van der Waals surface area contributed by atoms with Gasteiger partial charge in [0, 0.05) is 18.8 Å². The molecule has 1 aliphatic heterocycles. The van der Waals surface area contributed by atoms with Gasteiger partial charge >= 0.3 is 0 Å².